The fraction of sp³-hybridized carbons (Fsp3) is 0.455. The lowest BCUT2D eigenvalue weighted by molar-refractivity contribution is -0.150. The summed E-state index contributed by atoms with van der Waals surface area (Å²) >= 11 is 0. The molecule has 9 nitrogen and oxygen atoms in total. The number of nitrogens with zero attached hydrogens (tertiary/aromatic N) is 3. The Balaban J connectivity index is 1.65. The number of ether oxygens (including phenoxy) is 1. The number of anilines is 1. The monoisotopic (exact) mass is 427 g/mol. The predicted molar refractivity (Wildman–Crippen MR) is 115 cm³/mol. The van der Waals surface area contributed by atoms with E-state index in [-0.39, 0.29) is 6.04 Å². The van der Waals surface area contributed by atoms with Gasteiger partial charge in [0.1, 0.15) is 11.4 Å². The van der Waals surface area contributed by atoms with Gasteiger partial charge in [0.2, 0.25) is 0 Å². The van der Waals surface area contributed by atoms with Crippen molar-refractivity contribution in [2.75, 3.05) is 25.5 Å². The summed E-state index contributed by atoms with van der Waals surface area (Å²) in [5.41, 5.74) is 0.690. The second-order valence-electron chi connectivity index (χ2n) is 8.31. The lowest BCUT2D eigenvalue weighted by atomic mass is 10.1. The zero-order chi connectivity index (χ0) is 22.6. The van der Waals surface area contributed by atoms with Crippen LogP contribution in [0.15, 0.2) is 36.5 Å². The van der Waals surface area contributed by atoms with Crippen LogP contribution in [0, 0.1) is 6.92 Å². The molecule has 2 amide bonds. The van der Waals surface area contributed by atoms with E-state index in [9.17, 15) is 14.4 Å². The van der Waals surface area contributed by atoms with Crippen molar-refractivity contribution in [1.82, 2.24) is 20.0 Å². The number of amides is 2. The Morgan fingerprint density at radius 3 is 2.58 bits per heavy atom. The van der Waals surface area contributed by atoms with Crippen molar-refractivity contribution in [2.24, 2.45) is 0 Å². The third-order valence-electron chi connectivity index (χ3n) is 5.38. The molecule has 0 bridgehead atoms. The molecule has 0 saturated carbocycles. The topological polar surface area (TPSA) is 106 Å². The third-order valence-corrected chi connectivity index (χ3v) is 5.38. The first-order valence-corrected chi connectivity index (χ1v) is 10.2. The highest BCUT2D eigenvalue weighted by Gasteiger charge is 2.33. The van der Waals surface area contributed by atoms with Gasteiger partial charge in [-0.3, -0.25) is 14.5 Å². The number of nitrogens with one attached hydrogen (secondary N) is 2. The first kappa shape index (κ1) is 22.5. The van der Waals surface area contributed by atoms with Gasteiger partial charge in [0.25, 0.3) is 0 Å². The van der Waals surface area contributed by atoms with Crippen molar-refractivity contribution in [3.8, 4) is 0 Å². The molecule has 3 rings (SSSR count). The summed E-state index contributed by atoms with van der Waals surface area (Å²) in [6.07, 6.45) is 2.56. The SMILES string of the molecule is COC(=O)C(C)(C)NC(=O)C(=O)Nc1c(C)cnn1C1CCN(Cc2ccccc2)C1. The van der Waals surface area contributed by atoms with Crippen LogP contribution in [0.3, 0.4) is 0 Å². The van der Waals surface area contributed by atoms with Crippen molar-refractivity contribution in [3.05, 3.63) is 47.7 Å². The largest absolute Gasteiger partial charge is 0.467 e. The zero-order valence-electron chi connectivity index (χ0n) is 18.3. The first-order chi connectivity index (χ1) is 14.7. The lowest BCUT2D eigenvalue weighted by Gasteiger charge is -2.23. The number of esters is 1. The molecule has 1 unspecified atom stereocenters. The maximum atomic E-state index is 12.5. The fourth-order valence-electron chi connectivity index (χ4n) is 3.69. The summed E-state index contributed by atoms with van der Waals surface area (Å²) in [6, 6.07) is 10.3. The number of benzene rings is 1. The summed E-state index contributed by atoms with van der Waals surface area (Å²) in [4.78, 5) is 38.9. The summed E-state index contributed by atoms with van der Waals surface area (Å²) in [5.74, 6) is -1.93. The smallest absolute Gasteiger partial charge is 0.330 e. The number of rotatable bonds is 6. The Morgan fingerprint density at radius 1 is 1.19 bits per heavy atom. The molecule has 1 atom stereocenters. The first-order valence-electron chi connectivity index (χ1n) is 10.2. The van der Waals surface area contributed by atoms with E-state index in [2.05, 4.69) is 37.5 Å². The highest BCUT2D eigenvalue weighted by atomic mass is 16.5. The minimum atomic E-state index is -1.32. The van der Waals surface area contributed by atoms with Gasteiger partial charge in [-0.1, -0.05) is 30.3 Å². The summed E-state index contributed by atoms with van der Waals surface area (Å²) in [5, 5.41) is 9.49. The molecule has 2 heterocycles. The van der Waals surface area contributed by atoms with Gasteiger partial charge in [-0.2, -0.15) is 5.10 Å². The number of aromatic nitrogens is 2. The number of carbonyl (C=O) groups excluding carboxylic acids is 3. The molecule has 0 aliphatic carbocycles. The second kappa shape index (κ2) is 9.30. The van der Waals surface area contributed by atoms with Crippen LogP contribution in [0.4, 0.5) is 5.82 Å². The molecular weight excluding hydrogens is 398 g/mol. The molecule has 1 aliphatic rings. The maximum Gasteiger partial charge on any atom is 0.330 e. The highest BCUT2D eigenvalue weighted by molar-refractivity contribution is 6.40. The van der Waals surface area contributed by atoms with Crippen molar-refractivity contribution in [3.63, 3.8) is 0 Å². The number of aryl methyl sites for hydroxylation is 1. The zero-order valence-corrected chi connectivity index (χ0v) is 18.3. The molecule has 2 N–H and O–H groups in total. The van der Waals surface area contributed by atoms with Crippen molar-refractivity contribution < 1.29 is 19.1 Å². The standard InChI is InChI=1S/C22H29N5O4/c1-15-12-23-27(17-10-11-26(14-17)13-16-8-6-5-7-9-16)18(15)24-19(28)20(29)25-22(2,3)21(30)31-4/h5-9,12,17H,10-11,13-14H2,1-4H3,(H,24,28)(H,25,29). The van der Waals surface area contributed by atoms with Gasteiger partial charge in [0.05, 0.1) is 19.3 Å². The molecular formula is C22H29N5O4. The van der Waals surface area contributed by atoms with Crippen LogP contribution in [0.5, 0.6) is 0 Å². The van der Waals surface area contributed by atoms with E-state index < -0.39 is 23.3 Å². The fourth-order valence-corrected chi connectivity index (χ4v) is 3.69. The number of hydrogen-bond donors (Lipinski definition) is 2. The third kappa shape index (κ3) is 5.29. The van der Waals surface area contributed by atoms with Gasteiger partial charge in [-0.15, -0.1) is 0 Å². The van der Waals surface area contributed by atoms with E-state index in [1.54, 1.807) is 10.9 Å². The number of likely N-dealkylation sites (tertiary alicyclic amines) is 1. The Kier molecular flexibility index (Phi) is 6.74. The van der Waals surface area contributed by atoms with E-state index >= 15 is 0 Å². The molecule has 1 saturated heterocycles. The van der Waals surface area contributed by atoms with E-state index in [1.807, 2.05) is 25.1 Å². The van der Waals surface area contributed by atoms with Gasteiger partial charge in [-0.25, -0.2) is 9.48 Å². The van der Waals surface area contributed by atoms with Crippen molar-refractivity contribution >= 4 is 23.6 Å². The van der Waals surface area contributed by atoms with E-state index in [4.69, 9.17) is 0 Å². The molecule has 0 spiro atoms. The van der Waals surface area contributed by atoms with Crippen LogP contribution >= 0.6 is 0 Å². The van der Waals surface area contributed by atoms with Crippen LogP contribution in [-0.2, 0) is 25.7 Å². The van der Waals surface area contributed by atoms with E-state index in [0.29, 0.717) is 5.82 Å². The van der Waals surface area contributed by atoms with E-state index in [1.165, 1.54) is 26.5 Å². The molecule has 31 heavy (non-hydrogen) atoms. The summed E-state index contributed by atoms with van der Waals surface area (Å²) in [7, 11) is 1.22. The van der Waals surface area contributed by atoms with Gasteiger partial charge >= 0.3 is 17.8 Å². The lowest BCUT2D eigenvalue weighted by Crippen LogP contribution is -2.53. The number of methoxy groups -OCH3 is 1. The Bertz CT molecular complexity index is 954. The van der Waals surface area contributed by atoms with Crippen LogP contribution in [0.25, 0.3) is 0 Å². The summed E-state index contributed by atoms with van der Waals surface area (Å²) < 4.78 is 6.43. The minimum absolute atomic E-state index is 0.0854. The van der Waals surface area contributed by atoms with Crippen LogP contribution < -0.4 is 10.6 Å². The minimum Gasteiger partial charge on any atom is -0.467 e. The normalized spacial score (nSPS) is 16.7. The molecule has 1 aromatic carbocycles. The average molecular weight is 428 g/mol. The highest BCUT2D eigenvalue weighted by Crippen LogP contribution is 2.27. The average Bonchev–Trinajstić information content (AvgIpc) is 3.34. The quantitative estimate of drug-likeness (QED) is 0.536. The van der Waals surface area contributed by atoms with Gasteiger partial charge in [-0.05, 0) is 32.8 Å². The van der Waals surface area contributed by atoms with Crippen LogP contribution in [-0.4, -0.2) is 58.2 Å². The Morgan fingerprint density at radius 2 is 1.90 bits per heavy atom. The van der Waals surface area contributed by atoms with Gasteiger partial charge in [0, 0.05) is 25.2 Å². The molecule has 9 heteroatoms. The van der Waals surface area contributed by atoms with Crippen LogP contribution in [0.2, 0.25) is 0 Å². The second-order valence-corrected chi connectivity index (χ2v) is 8.31. The number of carbonyl (C=O) groups is 3. The molecule has 2 aromatic rings. The number of hydrogen-bond acceptors (Lipinski definition) is 6. The molecule has 1 aliphatic heterocycles. The molecule has 1 fully saturated rings. The summed E-state index contributed by atoms with van der Waals surface area (Å²) in [6.45, 7) is 7.33. The Hall–Kier alpha value is -3.20. The van der Waals surface area contributed by atoms with Crippen LogP contribution in [0.1, 0.15) is 37.4 Å². The van der Waals surface area contributed by atoms with Crippen molar-refractivity contribution in [1.29, 1.82) is 0 Å². The maximum absolute atomic E-state index is 12.5. The van der Waals surface area contributed by atoms with Gasteiger partial charge < -0.3 is 15.4 Å². The molecule has 1 aromatic heterocycles. The molecule has 166 valence electrons. The predicted octanol–water partition coefficient (Wildman–Crippen LogP) is 1.64. The van der Waals surface area contributed by atoms with E-state index in [0.717, 1.165) is 31.6 Å². The van der Waals surface area contributed by atoms with Crippen molar-refractivity contribution in [2.45, 2.75) is 45.3 Å². The Labute approximate surface area is 181 Å². The molecule has 0 radical (unpaired) electrons. The van der Waals surface area contributed by atoms with Gasteiger partial charge in [0.15, 0.2) is 0 Å².